The van der Waals surface area contributed by atoms with E-state index < -0.39 is 10.4 Å². The standard InChI is InChI=1S/C19H41N.H2O4S/c1-4-5-6-7-8-9-10-11-12-13-14-15-16-17-18-19-20(2)3;1-5(2,3)4/h4-19H2,1-3H3;(H2,1,2,3,4). The summed E-state index contributed by atoms with van der Waals surface area (Å²) in [5.41, 5.74) is 0. The molecular formula is C19H43NO4S. The van der Waals surface area contributed by atoms with Crippen LogP contribution in [0.1, 0.15) is 103 Å². The monoisotopic (exact) mass is 381 g/mol. The average molecular weight is 382 g/mol. The summed E-state index contributed by atoms with van der Waals surface area (Å²) in [6.45, 7) is 3.56. The van der Waals surface area contributed by atoms with Gasteiger partial charge < -0.3 is 4.90 Å². The molecule has 0 saturated carbocycles. The average Bonchev–Trinajstić information content (AvgIpc) is 2.49. The third-order valence-corrected chi connectivity index (χ3v) is 4.21. The van der Waals surface area contributed by atoms with Crippen molar-refractivity contribution in [3.63, 3.8) is 0 Å². The van der Waals surface area contributed by atoms with E-state index >= 15 is 0 Å². The molecule has 25 heavy (non-hydrogen) atoms. The van der Waals surface area contributed by atoms with Crippen molar-refractivity contribution in [1.29, 1.82) is 0 Å². The molecule has 0 fully saturated rings. The Kier molecular flexibility index (Phi) is 21.8. The van der Waals surface area contributed by atoms with Crippen molar-refractivity contribution in [2.24, 2.45) is 0 Å². The zero-order valence-electron chi connectivity index (χ0n) is 16.9. The summed E-state index contributed by atoms with van der Waals surface area (Å²) in [6.07, 6.45) is 21.8. The predicted octanol–water partition coefficient (Wildman–Crippen LogP) is 5.77. The van der Waals surface area contributed by atoms with E-state index in [0.29, 0.717) is 0 Å². The molecule has 0 heterocycles. The Morgan fingerprint density at radius 2 is 0.840 bits per heavy atom. The first-order valence-electron chi connectivity index (χ1n) is 10.1. The Morgan fingerprint density at radius 3 is 1.08 bits per heavy atom. The molecule has 0 amide bonds. The molecule has 0 unspecified atom stereocenters. The first-order chi connectivity index (χ1) is 11.8. The Hall–Kier alpha value is -0.170. The lowest BCUT2D eigenvalue weighted by Crippen LogP contribution is -2.12. The normalized spacial score (nSPS) is 11.4. The van der Waals surface area contributed by atoms with Gasteiger partial charge in [-0.05, 0) is 27.1 Å². The van der Waals surface area contributed by atoms with Crippen molar-refractivity contribution >= 4 is 10.4 Å². The van der Waals surface area contributed by atoms with Gasteiger partial charge in [0.1, 0.15) is 0 Å². The second-order valence-electron chi connectivity index (χ2n) is 7.20. The van der Waals surface area contributed by atoms with E-state index in [1.165, 1.54) is 103 Å². The molecular weight excluding hydrogens is 338 g/mol. The SMILES string of the molecule is CCCCCCCCCCCCCCCCCN(C)C.O=S(=O)(O)O. The van der Waals surface area contributed by atoms with E-state index in [4.69, 9.17) is 17.5 Å². The molecule has 0 rings (SSSR count). The predicted molar refractivity (Wildman–Crippen MR) is 108 cm³/mol. The van der Waals surface area contributed by atoms with Crippen LogP contribution in [0.25, 0.3) is 0 Å². The van der Waals surface area contributed by atoms with Crippen LogP contribution in [0.5, 0.6) is 0 Å². The second-order valence-corrected chi connectivity index (χ2v) is 8.10. The van der Waals surface area contributed by atoms with Crippen LogP contribution in [0.2, 0.25) is 0 Å². The number of rotatable bonds is 16. The fourth-order valence-electron chi connectivity index (χ4n) is 2.80. The molecule has 0 aromatic heterocycles. The maximum atomic E-state index is 8.74. The molecule has 0 atom stereocenters. The lowest BCUT2D eigenvalue weighted by molar-refractivity contribution is 0.381. The first kappa shape index (κ1) is 27.1. The van der Waals surface area contributed by atoms with E-state index in [2.05, 4.69) is 25.9 Å². The quantitative estimate of drug-likeness (QED) is 0.262. The van der Waals surface area contributed by atoms with Crippen LogP contribution in [0, 0.1) is 0 Å². The van der Waals surface area contributed by atoms with Crippen LogP contribution >= 0.6 is 0 Å². The molecule has 0 aliphatic heterocycles. The third-order valence-electron chi connectivity index (χ3n) is 4.21. The van der Waals surface area contributed by atoms with E-state index in [9.17, 15) is 0 Å². The number of hydrogen-bond donors (Lipinski definition) is 2. The van der Waals surface area contributed by atoms with Crippen LogP contribution in [-0.2, 0) is 10.4 Å². The van der Waals surface area contributed by atoms with E-state index in [1.54, 1.807) is 0 Å². The lowest BCUT2D eigenvalue weighted by Gasteiger charge is -2.08. The maximum Gasteiger partial charge on any atom is 0.394 e. The fraction of sp³-hybridized carbons (Fsp3) is 1.00. The van der Waals surface area contributed by atoms with Gasteiger partial charge in [-0.25, -0.2) is 0 Å². The summed E-state index contributed by atoms with van der Waals surface area (Å²) in [5, 5.41) is 0. The Morgan fingerprint density at radius 1 is 0.600 bits per heavy atom. The van der Waals surface area contributed by atoms with Crippen LogP contribution in [0.4, 0.5) is 0 Å². The molecule has 0 spiro atoms. The molecule has 154 valence electrons. The van der Waals surface area contributed by atoms with Crippen molar-refractivity contribution in [3.05, 3.63) is 0 Å². The molecule has 5 nitrogen and oxygen atoms in total. The van der Waals surface area contributed by atoms with E-state index in [1.807, 2.05) is 0 Å². The zero-order chi connectivity index (χ0) is 19.4. The summed E-state index contributed by atoms with van der Waals surface area (Å²) in [6, 6.07) is 0. The van der Waals surface area contributed by atoms with E-state index in [0.717, 1.165) is 0 Å². The fourth-order valence-corrected chi connectivity index (χ4v) is 2.80. The number of unbranched alkanes of at least 4 members (excludes halogenated alkanes) is 14. The third kappa shape index (κ3) is 40.1. The Labute approximate surface area is 157 Å². The summed E-state index contributed by atoms with van der Waals surface area (Å²) in [7, 11) is -0.326. The Bertz CT molecular complexity index is 337. The highest BCUT2D eigenvalue weighted by molar-refractivity contribution is 7.79. The van der Waals surface area contributed by atoms with Crippen molar-refractivity contribution in [1.82, 2.24) is 4.90 Å². The second kappa shape index (κ2) is 20.1. The topological polar surface area (TPSA) is 77.8 Å². The maximum absolute atomic E-state index is 8.74. The summed E-state index contributed by atoms with van der Waals surface area (Å²) >= 11 is 0. The molecule has 0 aliphatic carbocycles. The van der Waals surface area contributed by atoms with Gasteiger partial charge in [-0.1, -0.05) is 96.8 Å². The van der Waals surface area contributed by atoms with Crippen LogP contribution in [0.15, 0.2) is 0 Å². The minimum atomic E-state index is -4.67. The van der Waals surface area contributed by atoms with Gasteiger partial charge in [0.25, 0.3) is 0 Å². The largest absolute Gasteiger partial charge is 0.394 e. The van der Waals surface area contributed by atoms with E-state index in [-0.39, 0.29) is 0 Å². The lowest BCUT2D eigenvalue weighted by atomic mass is 10.0. The van der Waals surface area contributed by atoms with Crippen molar-refractivity contribution < 1.29 is 17.5 Å². The minimum Gasteiger partial charge on any atom is -0.309 e. The Balaban J connectivity index is 0. The summed E-state index contributed by atoms with van der Waals surface area (Å²) in [4.78, 5) is 2.29. The molecule has 0 aliphatic rings. The van der Waals surface area contributed by atoms with Gasteiger partial charge in [0.2, 0.25) is 0 Å². The molecule has 6 heteroatoms. The summed E-state index contributed by atoms with van der Waals surface area (Å²) in [5.74, 6) is 0. The van der Waals surface area contributed by atoms with Gasteiger partial charge in [-0.3, -0.25) is 9.11 Å². The highest BCUT2D eigenvalue weighted by atomic mass is 32.3. The van der Waals surface area contributed by atoms with Crippen molar-refractivity contribution in [2.45, 2.75) is 103 Å². The van der Waals surface area contributed by atoms with Crippen LogP contribution in [-0.4, -0.2) is 43.1 Å². The molecule has 0 bridgehead atoms. The van der Waals surface area contributed by atoms with Crippen molar-refractivity contribution in [2.75, 3.05) is 20.6 Å². The molecule has 0 radical (unpaired) electrons. The van der Waals surface area contributed by atoms with Gasteiger partial charge in [0.15, 0.2) is 0 Å². The van der Waals surface area contributed by atoms with Crippen LogP contribution < -0.4 is 0 Å². The van der Waals surface area contributed by atoms with Gasteiger partial charge >= 0.3 is 10.4 Å². The smallest absolute Gasteiger partial charge is 0.309 e. The number of hydrogen-bond acceptors (Lipinski definition) is 3. The zero-order valence-corrected chi connectivity index (χ0v) is 17.7. The van der Waals surface area contributed by atoms with Gasteiger partial charge in [-0.15, -0.1) is 0 Å². The van der Waals surface area contributed by atoms with Crippen molar-refractivity contribution in [3.8, 4) is 0 Å². The first-order valence-corrected chi connectivity index (χ1v) is 11.5. The molecule has 2 N–H and O–H groups in total. The minimum absolute atomic E-state index is 1.26. The molecule has 0 saturated heterocycles. The van der Waals surface area contributed by atoms with Gasteiger partial charge in [0.05, 0.1) is 0 Å². The van der Waals surface area contributed by atoms with Crippen LogP contribution in [0.3, 0.4) is 0 Å². The summed E-state index contributed by atoms with van der Waals surface area (Å²) < 4.78 is 31.6. The van der Waals surface area contributed by atoms with Gasteiger partial charge in [-0.2, -0.15) is 8.42 Å². The molecule has 0 aromatic carbocycles. The highest BCUT2D eigenvalue weighted by Crippen LogP contribution is 2.13. The molecule has 0 aromatic rings. The number of nitrogens with zero attached hydrogens (tertiary/aromatic N) is 1. The highest BCUT2D eigenvalue weighted by Gasteiger charge is 1.94. The van der Waals surface area contributed by atoms with Gasteiger partial charge in [0, 0.05) is 0 Å².